The molecule has 2 aromatic rings. The number of oxime groups is 1. The summed E-state index contributed by atoms with van der Waals surface area (Å²) in [6.07, 6.45) is -4.35. The SMILES string of the molecule is C/C(=N\OCc1ccccc1CC(=O)Cl)c1cccc(C(F)(F)F)c1. The van der Waals surface area contributed by atoms with Crippen molar-refractivity contribution in [1.82, 2.24) is 0 Å². The van der Waals surface area contributed by atoms with E-state index >= 15 is 0 Å². The molecule has 0 aliphatic heterocycles. The predicted molar refractivity (Wildman–Crippen MR) is 89.5 cm³/mol. The molecule has 0 spiro atoms. The summed E-state index contributed by atoms with van der Waals surface area (Å²) in [7, 11) is 0. The second-order valence-electron chi connectivity index (χ2n) is 5.33. The van der Waals surface area contributed by atoms with Gasteiger partial charge in [0, 0.05) is 6.42 Å². The Balaban J connectivity index is 2.09. The van der Waals surface area contributed by atoms with Crippen molar-refractivity contribution < 1.29 is 22.8 Å². The van der Waals surface area contributed by atoms with Crippen LogP contribution in [0, 0.1) is 0 Å². The van der Waals surface area contributed by atoms with E-state index in [-0.39, 0.29) is 13.0 Å². The highest BCUT2D eigenvalue weighted by Crippen LogP contribution is 2.29. The summed E-state index contributed by atoms with van der Waals surface area (Å²) < 4.78 is 38.2. The smallest absolute Gasteiger partial charge is 0.391 e. The molecule has 0 radical (unpaired) electrons. The molecule has 0 fully saturated rings. The van der Waals surface area contributed by atoms with Crippen molar-refractivity contribution in [2.45, 2.75) is 26.1 Å². The van der Waals surface area contributed by atoms with Gasteiger partial charge in [0.2, 0.25) is 5.24 Å². The summed E-state index contributed by atoms with van der Waals surface area (Å²) >= 11 is 5.40. The molecule has 0 heterocycles. The van der Waals surface area contributed by atoms with Crippen molar-refractivity contribution in [1.29, 1.82) is 0 Å². The van der Waals surface area contributed by atoms with Gasteiger partial charge in [-0.05, 0) is 47.3 Å². The Morgan fingerprint density at radius 1 is 1.12 bits per heavy atom. The molecule has 2 aromatic carbocycles. The van der Waals surface area contributed by atoms with Gasteiger partial charge in [-0.15, -0.1) is 0 Å². The lowest BCUT2D eigenvalue weighted by Gasteiger charge is -2.09. The minimum atomic E-state index is -4.41. The Morgan fingerprint density at radius 2 is 1.80 bits per heavy atom. The first-order valence-electron chi connectivity index (χ1n) is 7.36. The summed E-state index contributed by atoms with van der Waals surface area (Å²) in [4.78, 5) is 16.3. The summed E-state index contributed by atoms with van der Waals surface area (Å²) in [6, 6.07) is 11.9. The Labute approximate surface area is 148 Å². The maximum atomic E-state index is 12.7. The highest BCUT2D eigenvalue weighted by molar-refractivity contribution is 6.63. The van der Waals surface area contributed by atoms with Gasteiger partial charge >= 0.3 is 6.18 Å². The van der Waals surface area contributed by atoms with Gasteiger partial charge in [-0.3, -0.25) is 4.79 Å². The minimum absolute atomic E-state index is 0.0669. The fraction of sp³-hybridized carbons (Fsp3) is 0.222. The average molecular weight is 370 g/mol. The molecule has 7 heteroatoms. The molecule has 0 N–H and O–H groups in total. The molecule has 0 unspecified atom stereocenters. The molecule has 0 aliphatic carbocycles. The molecule has 0 atom stereocenters. The molecular weight excluding hydrogens is 355 g/mol. The Hall–Kier alpha value is -2.34. The van der Waals surface area contributed by atoms with Crippen LogP contribution in [0.4, 0.5) is 13.2 Å². The normalized spacial score (nSPS) is 12.1. The predicted octanol–water partition coefficient (Wildman–Crippen LogP) is 4.95. The van der Waals surface area contributed by atoms with Crippen molar-refractivity contribution in [3.63, 3.8) is 0 Å². The van der Waals surface area contributed by atoms with Gasteiger partial charge in [0.05, 0.1) is 11.3 Å². The van der Waals surface area contributed by atoms with Crippen molar-refractivity contribution >= 4 is 22.6 Å². The summed E-state index contributed by atoms with van der Waals surface area (Å²) in [5.74, 6) is 0. The second kappa shape index (κ2) is 8.16. The first kappa shape index (κ1) is 19.0. The lowest BCUT2D eigenvalue weighted by atomic mass is 10.1. The number of hydrogen-bond donors (Lipinski definition) is 0. The van der Waals surface area contributed by atoms with E-state index in [1.165, 1.54) is 12.1 Å². The molecule has 0 saturated heterocycles. The van der Waals surface area contributed by atoms with Crippen LogP contribution in [0.2, 0.25) is 0 Å². The molecule has 0 saturated carbocycles. The maximum Gasteiger partial charge on any atom is 0.416 e. The number of halogens is 4. The fourth-order valence-corrected chi connectivity index (χ4v) is 2.34. The van der Waals surface area contributed by atoms with Gasteiger partial charge in [-0.2, -0.15) is 13.2 Å². The summed E-state index contributed by atoms with van der Waals surface area (Å²) in [5.41, 5.74) is 1.34. The average Bonchev–Trinajstić information content (AvgIpc) is 2.55. The highest BCUT2D eigenvalue weighted by atomic mass is 35.5. The first-order valence-corrected chi connectivity index (χ1v) is 7.74. The molecule has 3 nitrogen and oxygen atoms in total. The number of hydrogen-bond acceptors (Lipinski definition) is 3. The molecule has 0 amide bonds. The van der Waals surface area contributed by atoms with Crippen LogP contribution < -0.4 is 0 Å². The highest BCUT2D eigenvalue weighted by Gasteiger charge is 2.30. The van der Waals surface area contributed by atoms with E-state index in [0.717, 1.165) is 23.3 Å². The van der Waals surface area contributed by atoms with E-state index < -0.39 is 17.0 Å². The zero-order valence-electron chi connectivity index (χ0n) is 13.3. The third-order valence-corrected chi connectivity index (χ3v) is 3.61. The molecule has 0 aromatic heterocycles. The van der Waals surface area contributed by atoms with Crippen LogP contribution in [-0.4, -0.2) is 11.0 Å². The maximum absolute atomic E-state index is 12.7. The minimum Gasteiger partial charge on any atom is -0.391 e. The van der Waals surface area contributed by atoms with Gasteiger partial charge < -0.3 is 4.84 Å². The van der Waals surface area contributed by atoms with Crippen LogP contribution >= 0.6 is 11.6 Å². The van der Waals surface area contributed by atoms with E-state index in [1.54, 1.807) is 31.2 Å². The first-order chi connectivity index (χ1) is 11.8. The monoisotopic (exact) mass is 369 g/mol. The van der Waals surface area contributed by atoms with Gasteiger partial charge in [-0.25, -0.2) is 0 Å². The Bertz CT molecular complexity index is 788. The zero-order valence-corrected chi connectivity index (χ0v) is 14.1. The Kier molecular flexibility index (Phi) is 6.20. The summed E-state index contributed by atoms with van der Waals surface area (Å²) in [5, 5.41) is 3.37. The number of benzene rings is 2. The van der Waals surface area contributed by atoms with Crippen LogP contribution in [0.1, 0.15) is 29.2 Å². The van der Waals surface area contributed by atoms with Crippen molar-refractivity contribution in [3.8, 4) is 0 Å². The van der Waals surface area contributed by atoms with Crippen molar-refractivity contribution in [2.24, 2.45) is 5.16 Å². The quantitative estimate of drug-likeness (QED) is 0.410. The van der Waals surface area contributed by atoms with Gasteiger partial charge in [0.1, 0.15) is 6.61 Å². The van der Waals surface area contributed by atoms with Crippen LogP contribution in [0.15, 0.2) is 53.7 Å². The van der Waals surface area contributed by atoms with Crippen molar-refractivity contribution in [3.05, 3.63) is 70.8 Å². The second-order valence-corrected chi connectivity index (χ2v) is 5.75. The van der Waals surface area contributed by atoms with E-state index in [1.807, 2.05) is 0 Å². The molecule has 25 heavy (non-hydrogen) atoms. The van der Waals surface area contributed by atoms with Crippen LogP contribution in [0.25, 0.3) is 0 Å². The molecule has 0 bridgehead atoms. The topological polar surface area (TPSA) is 38.7 Å². The lowest BCUT2D eigenvalue weighted by molar-refractivity contribution is -0.137. The van der Waals surface area contributed by atoms with E-state index in [0.29, 0.717) is 11.3 Å². The molecule has 2 rings (SSSR count). The number of carbonyl (C=O) groups is 1. The van der Waals surface area contributed by atoms with E-state index in [2.05, 4.69) is 5.16 Å². The standard InChI is InChI=1S/C18H15ClF3NO2/c1-12(13-7-4-8-16(9-13)18(20,21)22)23-25-11-15-6-3-2-5-14(15)10-17(19)24/h2-9H,10-11H2,1H3/b23-12+. The zero-order chi connectivity index (χ0) is 18.4. The van der Waals surface area contributed by atoms with Gasteiger partial charge in [0.25, 0.3) is 0 Å². The Morgan fingerprint density at radius 3 is 2.44 bits per heavy atom. The van der Waals surface area contributed by atoms with Crippen molar-refractivity contribution in [2.75, 3.05) is 0 Å². The van der Waals surface area contributed by atoms with Gasteiger partial charge in [-0.1, -0.05) is 41.6 Å². The van der Waals surface area contributed by atoms with Crippen LogP contribution in [0.3, 0.4) is 0 Å². The largest absolute Gasteiger partial charge is 0.416 e. The van der Waals surface area contributed by atoms with Crippen LogP contribution in [0.5, 0.6) is 0 Å². The van der Waals surface area contributed by atoms with Crippen LogP contribution in [-0.2, 0) is 28.8 Å². The number of rotatable bonds is 6. The number of nitrogens with zero attached hydrogens (tertiary/aromatic N) is 1. The lowest BCUT2D eigenvalue weighted by Crippen LogP contribution is -2.07. The molecule has 0 aliphatic rings. The number of alkyl halides is 3. The van der Waals surface area contributed by atoms with E-state index in [4.69, 9.17) is 16.4 Å². The molecular formula is C18H15ClF3NO2. The summed E-state index contributed by atoms with van der Waals surface area (Å²) in [6.45, 7) is 1.64. The van der Waals surface area contributed by atoms with Gasteiger partial charge in [0.15, 0.2) is 0 Å². The number of carbonyl (C=O) groups excluding carboxylic acids is 1. The molecule has 132 valence electrons. The fourth-order valence-electron chi connectivity index (χ4n) is 2.19. The third kappa shape index (κ3) is 5.60. The third-order valence-electron chi connectivity index (χ3n) is 3.48. The van der Waals surface area contributed by atoms with E-state index in [9.17, 15) is 18.0 Å².